The number of aryl methyl sites for hydroxylation is 2. The lowest BCUT2D eigenvalue weighted by Crippen LogP contribution is -1.94. The zero-order valence-electron chi connectivity index (χ0n) is 26.1. The molecule has 0 nitrogen and oxygen atoms in total. The van der Waals surface area contributed by atoms with E-state index in [1.165, 1.54) is 76.8 Å². The molecule has 0 saturated heterocycles. The molecule has 7 rings (SSSR count). The second-order valence-corrected chi connectivity index (χ2v) is 12.0. The lowest BCUT2D eigenvalue weighted by Gasteiger charge is -2.19. The Kier molecular flexibility index (Phi) is 7.49. The van der Waals surface area contributed by atoms with Gasteiger partial charge in [-0.2, -0.15) is 0 Å². The molecule has 0 saturated carbocycles. The van der Waals surface area contributed by atoms with Gasteiger partial charge in [-0.3, -0.25) is 0 Å². The Balaban J connectivity index is 1.40. The van der Waals surface area contributed by atoms with Gasteiger partial charge < -0.3 is 0 Å². The van der Waals surface area contributed by atoms with Gasteiger partial charge in [-0.15, -0.1) is 0 Å². The summed E-state index contributed by atoms with van der Waals surface area (Å²) < 4.78 is 0. The van der Waals surface area contributed by atoms with Gasteiger partial charge in [0.25, 0.3) is 0 Å². The smallest absolute Gasteiger partial charge is 0.00262 e. The van der Waals surface area contributed by atoms with Crippen LogP contribution < -0.4 is 0 Å². The second-order valence-electron chi connectivity index (χ2n) is 12.0. The van der Waals surface area contributed by atoms with Gasteiger partial charge in [0.05, 0.1) is 0 Å². The van der Waals surface area contributed by atoms with Gasteiger partial charge in [0.1, 0.15) is 0 Å². The maximum Gasteiger partial charge on any atom is -0.00262 e. The number of hydrogen-bond donors (Lipinski definition) is 0. The molecule has 216 valence electrons. The summed E-state index contributed by atoms with van der Waals surface area (Å²) in [6.07, 6.45) is 6.44. The maximum atomic E-state index is 4.28. The van der Waals surface area contributed by atoms with Crippen LogP contribution in [0.1, 0.15) is 29.2 Å². The van der Waals surface area contributed by atoms with Crippen LogP contribution in [0.2, 0.25) is 0 Å². The van der Waals surface area contributed by atoms with E-state index >= 15 is 0 Å². The second kappa shape index (κ2) is 11.9. The highest BCUT2D eigenvalue weighted by Crippen LogP contribution is 2.43. The van der Waals surface area contributed by atoms with Crippen LogP contribution in [0.5, 0.6) is 0 Å². The van der Waals surface area contributed by atoms with Crippen molar-refractivity contribution >= 4 is 43.5 Å². The maximum absolute atomic E-state index is 4.28. The number of fused-ring (bicyclic) bond motifs is 3. The molecule has 0 heteroatoms. The van der Waals surface area contributed by atoms with Gasteiger partial charge in [-0.05, 0) is 121 Å². The third-order valence-electron chi connectivity index (χ3n) is 9.02. The Bertz CT molecular complexity index is 2240. The molecule has 7 aromatic rings. The van der Waals surface area contributed by atoms with Crippen LogP contribution in [0, 0.1) is 13.8 Å². The first-order chi connectivity index (χ1) is 22.0. The van der Waals surface area contributed by atoms with Crippen molar-refractivity contribution < 1.29 is 0 Å². The molecule has 0 aliphatic carbocycles. The standard InChI is InChI=1S/C45H36/c1-30(34-17-6-5-7-18-34)15-14-16-32(3)44-38-21-10-12-23-40(38)45(41-24-13-11-22-39(41)44)37-26-25-31(2)42(29-37)43-28-36-20-9-8-19-35(36)27-33(43)4/h5-29H,1H2,2-4H3/b15-14-,32-16+. The monoisotopic (exact) mass is 576 g/mol. The van der Waals surface area contributed by atoms with Crippen molar-refractivity contribution in [1.29, 1.82) is 0 Å². The zero-order chi connectivity index (χ0) is 30.9. The molecule has 0 amide bonds. The molecule has 0 fully saturated rings. The van der Waals surface area contributed by atoms with Crippen LogP contribution >= 0.6 is 0 Å². The number of benzene rings is 7. The minimum Gasteiger partial charge on any atom is -0.0912 e. The third-order valence-corrected chi connectivity index (χ3v) is 9.02. The fraction of sp³-hybridized carbons (Fsp3) is 0.0667. The summed E-state index contributed by atoms with van der Waals surface area (Å²) in [5, 5.41) is 7.61. The highest BCUT2D eigenvalue weighted by molar-refractivity contribution is 6.19. The quantitative estimate of drug-likeness (QED) is 0.136. The van der Waals surface area contributed by atoms with E-state index < -0.39 is 0 Å². The average molecular weight is 577 g/mol. The third kappa shape index (κ3) is 5.30. The van der Waals surface area contributed by atoms with Gasteiger partial charge in [0.2, 0.25) is 0 Å². The number of hydrogen-bond acceptors (Lipinski definition) is 0. The summed E-state index contributed by atoms with van der Waals surface area (Å²) in [5.41, 5.74) is 12.3. The Morgan fingerprint density at radius 1 is 0.556 bits per heavy atom. The Labute approximate surface area is 266 Å². The van der Waals surface area contributed by atoms with Gasteiger partial charge >= 0.3 is 0 Å². The molecule has 0 unspecified atom stereocenters. The zero-order valence-corrected chi connectivity index (χ0v) is 26.1. The van der Waals surface area contributed by atoms with Gasteiger partial charge in [0.15, 0.2) is 0 Å². The predicted octanol–water partition coefficient (Wildman–Crippen LogP) is 12.8. The molecule has 0 heterocycles. The largest absolute Gasteiger partial charge is 0.0912 e. The molecule has 0 radical (unpaired) electrons. The lowest BCUT2D eigenvalue weighted by molar-refractivity contribution is 1.42. The first-order valence-corrected chi connectivity index (χ1v) is 15.6. The molecular weight excluding hydrogens is 540 g/mol. The summed E-state index contributed by atoms with van der Waals surface area (Å²) in [6, 6.07) is 48.4. The van der Waals surface area contributed by atoms with E-state index in [2.05, 4.69) is 173 Å². The fourth-order valence-electron chi connectivity index (χ4n) is 6.72. The summed E-state index contributed by atoms with van der Waals surface area (Å²) >= 11 is 0. The number of rotatable bonds is 6. The average Bonchev–Trinajstić information content (AvgIpc) is 3.07. The summed E-state index contributed by atoms with van der Waals surface area (Å²) in [5.74, 6) is 0. The molecule has 0 N–H and O–H groups in total. The van der Waals surface area contributed by atoms with E-state index in [0.717, 1.165) is 11.1 Å². The van der Waals surface area contributed by atoms with E-state index in [0.29, 0.717) is 0 Å². The van der Waals surface area contributed by atoms with Crippen LogP contribution in [0.15, 0.2) is 158 Å². The number of allylic oxidation sites excluding steroid dienone is 5. The Hall–Kier alpha value is -5.46. The van der Waals surface area contributed by atoms with E-state index in [-0.39, 0.29) is 0 Å². The van der Waals surface area contributed by atoms with Gasteiger partial charge in [-0.25, -0.2) is 0 Å². The molecule has 45 heavy (non-hydrogen) atoms. The topological polar surface area (TPSA) is 0 Å². The van der Waals surface area contributed by atoms with Crippen molar-refractivity contribution in [3.05, 3.63) is 181 Å². The molecule has 0 aliphatic rings. The Morgan fingerprint density at radius 3 is 1.78 bits per heavy atom. The predicted molar refractivity (Wildman–Crippen MR) is 198 cm³/mol. The van der Waals surface area contributed by atoms with Crippen molar-refractivity contribution in [1.82, 2.24) is 0 Å². The van der Waals surface area contributed by atoms with Crippen molar-refractivity contribution in [3.8, 4) is 22.3 Å². The summed E-state index contributed by atoms with van der Waals surface area (Å²) in [7, 11) is 0. The van der Waals surface area contributed by atoms with E-state index in [1.54, 1.807) is 0 Å². The first kappa shape index (κ1) is 28.3. The SMILES string of the molecule is C=C(/C=C\C=C(/C)c1c2ccccc2c(-c2ccc(C)c(-c3cc4ccccc4cc3C)c2)c2ccccc12)c1ccccc1. The molecule has 0 aromatic heterocycles. The van der Waals surface area contributed by atoms with Crippen molar-refractivity contribution in [2.24, 2.45) is 0 Å². The van der Waals surface area contributed by atoms with Gasteiger partial charge in [-0.1, -0.05) is 146 Å². The van der Waals surface area contributed by atoms with Crippen molar-refractivity contribution in [3.63, 3.8) is 0 Å². The molecule has 7 aromatic carbocycles. The highest BCUT2D eigenvalue weighted by Gasteiger charge is 2.17. The molecule has 0 spiro atoms. The fourth-order valence-corrected chi connectivity index (χ4v) is 6.72. The molecule has 0 aliphatic heterocycles. The highest BCUT2D eigenvalue weighted by atomic mass is 14.2. The Morgan fingerprint density at radius 2 is 1.11 bits per heavy atom. The van der Waals surface area contributed by atoms with Crippen LogP contribution in [0.25, 0.3) is 65.7 Å². The van der Waals surface area contributed by atoms with Crippen LogP contribution in [-0.2, 0) is 0 Å². The molecule has 0 bridgehead atoms. The van der Waals surface area contributed by atoms with Crippen molar-refractivity contribution in [2.75, 3.05) is 0 Å². The minimum absolute atomic E-state index is 1.00. The normalized spacial score (nSPS) is 12.0. The van der Waals surface area contributed by atoms with Crippen LogP contribution in [0.3, 0.4) is 0 Å². The summed E-state index contributed by atoms with van der Waals surface area (Å²) in [4.78, 5) is 0. The summed E-state index contributed by atoms with van der Waals surface area (Å²) in [6.45, 7) is 10.9. The van der Waals surface area contributed by atoms with E-state index in [9.17, 15) is 0 Å². The van der Waals surface area contributed by atoms with E-state index in [4.69, 9.17) is 0 Å². The lowest BCUT2D eigenvalue weighted by atomic mass is 9.84. The van der Waals surface area contributed by atoms with Crippen molar-refractivity contribution in [2.45, 2.75) is 20.8 Å². The molecular formula is C45H36. The van der Waals surface area contributed by atoms with Crippen LogP contribution in [0.4, 0.5) is 0 Å². The van der Waals surface area contributed by atoms with E-state index in [1.807, 2.05) is 6.07 Å². The first-order valence-electron chi connectivity index (χ1n) is 15.6. The molecule has 0 atom stereocenters. The minimum atomic E-state index is 1.00. The van der Waals surface area contributed by atoms with Crippen LogP contribution in [-0.4, -0.2) is 0 Å². The van der Waals surface area contributed by atoms with Gasteiger partial charge in [0, 0.05) is 0 Å².